The number of aromatic nitrogens is 3. The lowest BCUT2D eigenvalue weighted by Crippen LogP contribution is -2.38. The van der Waals surface area contributed by atoms with E-state index in [0.717, 1.165) is 50.8 Å². The number of amides is 2. The molecule has 2 aromatic heterocycles. The predicted octanol–water partition coefficient (Wildman–Crippen LogP) is 8.55. The molecule has 1 fully saturated rings. The molecule has 0 aliphatic carbocycles. The number of unbranched alkanes of at least 4 members (excludes halogenated alkanes) is 1. The third kappa shape index (κ3) is 11.6. The van der Waals surface area contributed by atoms with Gasteiger partial charge in [-0.1, -0.05) is 42.6 Å². The molecule has 0 bridgehead atoms. The van der Waals surface area contributed by atoms with Crippen LogP contribution in [-0.2, 0) is 16.2 Å². The van der Waals surface area contributed by atoms with Crippen molar-refractivity contribution < 1.29 is 28.2 Å². The highest BCUT2D eigenvalue weighted by atomic mass is 35.5. The van der Waals surface area contributed by atoms with E-state index < -0.39 is 0 Å². The van der Waals surface area contributed by atoms with Crippen LogP contribution in [0.3, 0.4) is 0 Å². The number of pyridine rings is 1. The van der Waals surface area contributed by atoms with E-state index in [1.165, 1.54) is 24.5 Å². The van der Waals surface area contributed by atoms with E-state index in [1.54, 1.807) is 55.9 Å². The van der Waals surface area contributed by atoms with Crippen molar-refractivity contribution in [3.05, 3.63) is 113 Å². The van der Waals surface area contributed by atoms with Crippen LogP contribution in [0.15, 0.2) is 91.5 Å². The molecule has 1 aliphatic heterocycles. The zero-order valence-electron chi connectivity index (χ0n) is 31.4. The number of nitrogens with one attached hydrogen (secondary N) is 2. The van der Waals surface area contributed by atoms with Crippen LogP contribution in [0.5, 0.6) is 17.2 Å². The summed E-state index contributed by atoms with van der Waals surface area (Å²) in [5.41, 5.74) is 2.92. The molecule has 5 aromatic rings. The summed E-state index contributed by atoms with van der Waals surface area (Å²) in [4.78, 5) is 40.0. The van der Waals surface area contributed by atoms with Gasteiger partial charge < -0.3 is 29.7 Å². The molecule has 292 valence electrons. The van der Waals surface area contributed by atoms with Crippen molar-refractivity contribution >= 4 is 51.9 Å². The van der Waals surface area contributed by atoms with Crippen LogP contribution in [0.4, 0.5) is 15.9 Å². The van der Waals surface area contributed by atoms with Gasteiger partial charge in [0.15, 0.2) is 11.5 Å². The number of hydrogen-bond acceptors (Lipinski definition) is 9. The molecule has 6 rings (SSSR count). The van der Waals surface area contributed by atoms with Gasteiger partial charge in [-0.15, -0.1) is 0 Å². The van der Waals surface area contributed by atoms with Gasteiger partial charge in [-0.3, -0.25) is 14.6 Å². The first-order chi connectivity index (χ1) is 27.3. The van der Waals surface area contributed by atoms with Crippen molar-refractivity contribution in [2.45, 2.75) is 51.6 Å². The Balaban J connectivity index is 0.921. The number of rotatable bonds is 18. The van der Waals surface area contributed by atoms with Gasteiger partial charge in [-0.25, -0.2) is 14.4 Å². The number of fused-ring (bicyclic) bond motifs is 1. The number of nitrogens with zero attached hydrogens (tertiary/aromatic N) is 4. The SMILES string of the molecule is COc1cc2ncnc(Nc3ccc(OCc4cccc(F)c4)c(Cl)c3)c2cc1OCCCC(=O)N1CCC(CCCCNC(=O)/C=C/c2cccnc2)CC1. The van der Waals surface area contributed by atoms with E-state index in [1.807, 2.05) is 29.2 Å². The number of benzene rings is 3. The number of carbonyl (C=O) groups excluding carboxylic acids is 2. The third-order valence-electron chi connectivity index (χ3n) is 9.61. The van der Waals surface area contributed by atoms with Crippen molar-refractivity contribution in [1.29, 1.82) is 0 Å². The lowest BCUT2D eigenvalue weighted by atomic mass is 9.91. The van der Waals surface area contributed by atoms with Crippen LogP contribution in [0.1, 0.15) is 56.1 Å². The smallest absolute Gasteiger partial charge is 0.243 e. The zero-order chi connectivity index (χ0) is 39.1. The second kappa shape index (κ2) is 20.2. The number of piperidine rings is 1. The molecule has 1 saturated heterocycles. The topological polar surface area (TPSA) is 128 Å². The molecular weight excluding hydrogens is 735 g/mol. The van der Waals surface area contributed by atoms with Crippen LogP contribution in [0.2, 0.25) is 5.02 Å². The van der Waals surface area contributed by atoms with E-state index in [4.69, 9.17) is 25.8 Å². The summed E-state index contributed by atoms with van der Waals surface area (Å²) in [7, 11) is 1.57. The predicted molar refractivity (Wildman–Crippen MR) is 216 cm³/mol. The summed E-state index contributed by atoms with van der Waals surface area (Å²) in [5, 5.41) is 7.35. The van der Waals surface area contributed by atoms with Crippen molar-refractivity contribution in [2.24, 2.45) is 5.92 Å². The molecule has 0 unspecified atom stereocenters. The lowest BCUT2D eigenvalue weighted by molar-refractivity contribution is -0.132. The Morgan fingerprint density at radius 3 is 2.62 bits per heavy atom. The lowest BCUT2D eigenvalue weighted by Gasteiger charge is -2.32. The van der Waals surface area contributed by atoms with Crippen LogP contribution >= 0.6 is 11.6 Å². The number of likely N-dealkylation sites (tertiary alicyclic amines) is 1. The third-order valence-corrected chi connectivity index (χ3v) is 9.90. The maximum absolute atomic E-state index is 13.5. The van der Waals surface area contributed by atoms with Crippen molar-refractivity contribution in [3.63, 3.8) is 0 Å². The Morgan fingerprint density at radius 1 is 0.964 bits per heavy atom. The molecule has 3 aromatic carbocycles. The maximum atomic E-state index is 13.5. The maximum Gasteiger partial charge on any atom is 0.243 e. The van der Waals surface area contributed by atoms with Crippen LogP contribution in [-0.4, -0.2) is 65.0 Å². The summed E-state index contributed by atoms with van der Waals surface area (Å²) in [6, 6.07) is 18.9. The summed E-state index contributed by atoms with van der Waals surface area (Å²) in [6.07, 6.45) is 14.2. The molecule has 2 N–H and O–H groups in total. The highest BCUT2D eigenvalue weighted by molar-refractivity contribution is 6.32. The van der Waals surface area contributed by atoms with Crippen molar-refractivity contribution in [2.75, 3.05) is 38.7 Å². The first kappa shape index (κ1) is 39.9. The number of methoxy groups -OCH3 is 1. The first-order valence-electron chi connectivity index (χ1n) is 18.9. The Kier molecular flexibility index (Phi) is 14.4. The molecule has 0 radical (unpaired) electrons. The second-order valence-corrected chi connectivity index (χ2v) is 14.0. The fourth-order valence-corrected chi connectivity index (χ4v) is 6.80. The minimum Gasteiger partial charge on any atom is -0.493 e. The highest BCUT2D eigenvalue weighted by Gasteiger charge is 2.22. The molecule has 56 heavy (non-hydrogen) atoms. The van der Waals surface area contributed by atoms with Crippen LogP contribution in [0.25, 0.3) is 17.0 Å². The minimum atomic E-state index is -0.325. The summed E-state index contributed by atoms with van der Waals surface area (Å²) < 4.78 is 31.1. The van der Waals surface area contributed by atoms with Gasteiger partial charge in [0.1, 0.15) is 30.3 Å². The van der Waals surface area contributed by atoms with Gasteiger partial charge >= 0.3 is 0 Å². The van der Waals surface area contributed by atoms with E-state index in [0.29, 0.717) is 82.2 Å². The fraction of sp³-hybridized carbons (Fsp3) is 0.326. The number of hydrogen-bond donors (Lipinski definition) is 2. The monoisotopic (exact) mass is 780 g/mol. The number of halogens is 2. The summed E-state index contributed by atoms with van der Waals surface area (Å²) in [6.45, 7) is 2.70. The Bertz CT molecular complexity index is 2110. The van der Waals surface area contributed by atoms with Crippen molar-refractivity contribution in [3.8, 4) is 17.2 Å². The molecule has 0 spiro atoms. The van der Waals surface area contributed by atoms with Gasteiger partial charge in [0.05, 0.1) is 24.3 Å². The van der Waals surface area contributed by atoms with E-state index >= 15 is 0 Å². The van der Waals surface area contributed by atoms with Gasteiger partial charge in [-0.05, 0) is 91.3 Å². The quantitative estimate of drug-likeness (QED) is 0.0664. The Labute approximate surface area is 331 Å². The molecule has 0 saturated carbocycles. The molecule has 1 aliphatic rings. The minimum absolute atomic E-state index is 0.100. The number of carbonyl (C=O) groups is 2. The van der Waals surface area contributed by atoms with Gasteiger partial charge in [0, 0.05) is 61.7 Å². The molecule has 11 nitrogen and oxygen atoms in total. The largest absolute Gasteiger partial charge is 0.493 e. The summed E-state index contributed by atoms with van der Waals surface area (Å²) >= 11 is 6.53. The van der Waals surface area contributed by atoms with Crippen LogP contribution in [0, 0.1) is 11.7 Å². The van der Waals surface area contributed by atoms with Gasteiger partial charge in [-0.2, -0.15) is 0 Å². The molecule has 13 heteroatoms. The highest BCUT2D eigenvalue weighted by Crippen LogP contribution is 2.36. The average Bonchev–Trinajstić information content (AvgIpc) is 3.21. The van der Waals surface area contributed by atoms with Gasteiger partial charge in [0.25, 0.3) is 0 Å². The van der Waals surface area contributed by atoms with Gasteiger partial charge in [0.2, 0.25) is 11.8 Å². The summed E-state index contributed by atoms with van der Waals surface area (Å²) in [5.74, 6) is 2.37. The number of ether oxygens (including phenoxy) is 3. The molecular formula is C43H46ClFN6O5. The van der Waals surface area contributed by atoms with E-state index in [2.05, 4.69) is 25.6 Å². The molecule has 0 atom stereocenters. The normalized spacial score (nSPS) is 13.2. The van der Waals surface area contributed by atoms with E-state index in [9.17, 15) is 14.0 Å². The average molecular weight is 781 g/mol. The standard InChI is InChI=1S/C43H46ClFN6O5/c1-54-39-26-37-35(43(49-29-48-37)50-34-13-14-38(36(44)24-34)56-28-32-8-4-10-33(45)23-32)25-40(39)55-22-6-11-42(53)51-20-16-30(17-21-51)7-2-3-19-47-41(52)15-12-31-9-5-18-46-27-31/h4-5,8-10,12-15,18,23-27,29-30H,2-3,6-7,11,16-17,19-22,28H2,1H3,(H,47,52)(H,48,49,50)/b15-12+. The van der Waals surface area contributed by atoms with Crippen molar-refractivity contribution in [1.82, 2.24) is 25.2 Å². The Hall–Kier alpha value is -5.75. The fourth-order valence-electron chi connectivity index (χ4n) is 6.57. The van der Waals surface area contributed by atoms with E-state index in [-0.39, 0.29) is 24.2 Å². The molecule has 3 heterocycles. The molecule has 2 amide bonds. The second-order valence-electron chi connectivity index (χ2n) is 13.6. The number of anilines is 2. The first-order valence-corrected chi connectivity index (χ1v) is 19.3. The zero-order valence-corrected chi connectivity index (χ0v) is 32.1. The van der Waals surface area contributed by atoms with Crippen LogP contribution < -0.4 is 24.8 Å². The Morgan fingerprint density at radius 2 is 1.84 bits per heavy atom.